The minimum atomic E-state index is -0.334. The highest BCUT2D eigenvalue weighted by atomic mass is 32.2. The molecule has 1 fully saturated rings. The van der Waals surface area contributed by atoms with E-state index in [1.807, 2.05) is 62.4 Å². The Morgan fingerprint density at radius 1 is 1.00 bits per heavy atom. The Kier molecular flexibility index (Phi) is 7.22. The minimum absolute atomic E-state index is 0.319. The standard InChI is InChI=1S/C27H28N4O3S/c1-3-34-27(32)25-18(2)19-8-4-6-10-21(19)28-23(25)17-35-26-20-9-5-7-11-22(20)29-24(30-26)16-31-12-14-33-15-13-31/h4-11H,3,12-17H2,1-2H3. The predicted octanol–water partition coefficient (Wildman–Crippen LogP) is 4.79. The van der Waals surface area contributed by atoms with Gasteiger partial charge in [-0.1, -0.05) is 48.2 Å². The lowest BCUT2D eigenvalue weighted by molar-refractivity contribution is 0.0330. The van der Waals surface area contributed by atoms with E-state index < -0.39 is 0 Å². The molecule has 0 aliphatic carbocycles. The zero-order valence-corrected chi connectivity index (χ0v) is 20.8. The van der Waals surface area contributed by atoms with Crippen LogP contribution in [0.15, 0.2) is 53.6 Å². The fraction of sp³-hybridized carbons (Fsp3) is 0.333. The number of para-hydroxylation sites is 2. The first-order valence-corrected chi connectivity index (χ1v) is 12.9. The first-order valence-electron chi connectivity index (χ1n) is 11.9. The molecule has 2 aromatic carbocycles. The second-order valence-corrected chi connectivity index (χ2v) is 9.40. The van der Waals surface area contributed by atoms with Crippen molar-refractivity contribution in [2.75, 3.05) is 32.9 Å². The summed E-state index contributed by atoms with van der Waals surface area (Å²) in [6, 6.07) is 16.0. The summed E-state index contributed by atoms with van der Waals surface area (Å²) in [5.74, 6) is 0.957. The SMILES string of the molecule is CCOC(=O)c1c(CSc2nc(CN3CCOCC3)nc3ccccc23)nc2ccccc2c1C. The van der Waals surface area contributed by atoms with E-state index in [1.165, 1.54) is 0 Å². The smallest absolute Gasteiger partial charge is 0.340 e. The van der Waals surface area contributed by atoms with E-state index in [9.17, 15) is 4.79 Å². The lowest BCUT2D eigenvalue weighted by atomic mass is 10.0. The Labute approximate surface area is 208 Å². The Bertz CT molecular complexity index is 1370. The van der Waals surface area contributed by atoms with Gasteiger partial charge in [-0.25, -0.2) is 14.8 Å². The molecule has 2 aromatic heterocycles. The molecule has 1 saturated heterocycles. The highest BCUT2D eigenvalue weighted by Gasteiger charge is 2.21. The van der Waals surface area contributed by atoms with Gasteiger partial charge in [0.05, 0.1) is 48.7 Å². The summed E-state index contributed by atoms with van der Waals surface area (Å²) in [5.41, 5.74) is 3.94. The van der Waals surface area contributed by atoms with E-state index in [2.05, 4.69) is 4.90 Å². The minimum Gasteiger partial charge on any atom is -0.462 e. The van der Waals surface area contributed by atoms with Gasteiger partial charge in [0, 0.05) is 29.6 Å². The van der Waals surface area contributed by atoms with Crippen LogP contribution in [0.25, 0.3) is 21.8 Å². The molecule has 0 unspecified atom stereocenters. The molecule has 0 N–H and O–H groups in total. The Morgan fingerprint density at radius 3 is 2.43 bits per heavy atom. The van der Waals surface area contributed by atoms with Crippen LogP contribution in [-0.4, -0.2) is 58.7 Å². The molecule has 0 spiro atoms. The van der Waals surface area contributed by atoms with Crippen LogP contribution in [0, 0.1) is 6.92 Å². The maximum Gasteiger partial charge on any atom is 0.340 e. The fourth-order valence-corrected chi connectivity index (χ4v) is 5.37. The largest absolute Gasteiger partial charge is 0.462 e. The lowest BCUT2D eigenvalue weighted by Crippen LogP contribution is -2.36. The third-order valence-electron chi connectivity index (χ3n) is 6.14. The third kappa shape index (κ3) is 5.15. The number of carbonyl (C=O) groups is 1. The normalized spacial score (nSPS) is 14.5. The van der Waals surface area contributed by atoms with Crippen molar-refractivity contribution in [2.24, 2.45) is 0 Å². The Balaban J connectivity index is 1.50. The number of ether oxygens (including phenoxy) is 2. The number of nitrogens with zero attached hydrogens (tertiary/aromatic N) is 4. The van der Waals surface area contributed by atoms with Gasteiger partial charge in [0.1, 0.15) is 10.9 Å². The van der Waals surface area contributed by atoms with Gasteiger partial charge in [-0.05, 0) is 31.5 Å². The van der Waals surface area contributed by atoms with Crippen LogP contribution >= 0.6 is 11.8 Å². The molecule has 0 saturated carbocycles. The number of hydrogen-bond acceptors (Lipinski definition) is 8. The number of fused-ring (bicyclic) bond motifs is 2. The van der Waals surface area contributed by atoms with Crippen molar-refractivity contribution in [3.05, 3.63) is 71.2 Å². The molecule has 5 rings (SSSR count). The molecule has 0 radical (unpaired) electrons. The zero-order chi connectivity index (χ0) is 24.2. The molecule has 0 atom stereocenters. The Hall–Kier alpha value is -3.07. The quantitative estimate of drug-likeness (QED) is 0.209. The van der Waals surface area contributed by atoms with Crippen LogP contribution < -0.4 is 0 Å². The van der Waals surface area contributed by atoms with E-state index in [4.69, 9.17) is 24.4 Å². The van der Waals surface area contributed by atoms with Crippen LogP contribution in [0.3, 0.4) is 0 Å². The van der Waals surface area contributed by atoms with Gasteiger partial charge in [-0.15, -0.1) is 0 Å². The van der Waals surface area contributed by atoms with Gasteiger partial charge in [-0.2, -0.15) is 0 Å². The highest BCUT2D eigenvalue weighted by Crippen LogP contribution is 2.31. The van der Waals surface area contributed by atoms with Crippen molar-refractivity contribution in [3.63, 3.8) is 0 Å². The average molecular weight is 489 g/mol. The molecular weight excluding hydrogens is 460 g/mol. The molecule has 4 aromatic rings. The maximum absolute atomic E-state index is 12.9. The summed E-state index contributed by atoms with van der Waals surface area (Å²) in [5, 5.41) is 2.85. The number of esters is 1. The van der Waals surface area contributed by atoms with Crippen LogP contribution in [0.2, 0.25) is 0 Å². The second kappa shape index (κ2) is 10.7. The first-order chi connectivity index (χ1) is 17.1. The topological polar surface area (TPSA) is 77.4 Å². The number of carbonyl (C=O) groups excluding carboxylic acids is 1. The van der Waals surface area contributed by atoms with Crippen molar-refractivity contribution >= 4 is 39.5 Å². The molecule has 1 aliphatic heterocycles. The fourth-order valence-electron chi connectivity index (χ4n) is 4.39. The van der Waals surface area contributed by atoms with Gasteiger partial charge in [0.2, 0.25) is 0 Å². The number of morpholine rings is 1. The molecule has 3 heterocycles. The summed E-state index contributed by atoms with van der Waals surface area (Å²) in [6.45, 7) is 8.01. The van der Waals surface area contributed by atoms with Gasteiger partial charge >= 0.3 is 5.97 Å². The average Bonchev–Trinajstić information content (AvgIpc) is 2.88. The van der Waals surface area contributed by atoms with E-state index in [-0.39, 0.29) is 5.97 Å². The lowest BCUT2D eigenvalue weighted by Gasteiger charge is -2.26. The molecule has 7 nitrogen and oxygen atoms in total. The molecular formula is C27H28N4O3S. The van der Waals surface area contributed by atoms with Crippen molar-refractivity contribution in [3.8, 4) is 0 Å². The summed E-state index contributed by atoms with van der Waals surface area (Å²) in [6.07, 6.45) is 0. The van der Waals surface area contributed by atoms with Gasteiger partial charge in [0.25, 0.3) is 0 Å². The molecule has 35 heavy (non-hydrogen) atoms. The second-order valence-electron chi connectivity index (χ2n) is 8.44. The Morgan fingerprint density at radius 2 is 1.69 bits per heavy atom. The monoisotopic (exact) mass is 488 g/mol. The molecule has 8 heteroatoms. The van der Waals surface area contributed by atoms with E-state index in [1.54, 1.807) is 11.8 Å². The first kappa shape index (κ1) is 23.7. The summed E-state index contributed by atoms with van der Waals surface area (Å²) in [7, 11) is 0. The summed E-state index contributed by atoms with van der Waals surface area (Å²) in [4.78, 5) is 29.8. The molecule has 180 valence electrons. The maximum atomic E-state index is 12.9. The highest BCUT2D eigenvalue weighted by molar-refractivity contribution is 7.98. The third-order valence-corrected chi connectivity index (χ3v) is 7.14. The van der Waals surface area contributed by atoms with E-state index >= 15 is 0 Å². The van der Waals surface area contributed by atoms with Crippen LogP contribution in [0.5, 0.6) is 0 Å². The number of aromatic nitrogens is 3. The number of pyridine rings is 1. The molecule has 1 aliphatic rings. The van der Waals surface area contributed by atoms with Crippen LogP contribution in [0.1, 0.15) is 34.4 Å². The molecule has 0 amide bonds. The van der Waals surface area contributed by atoms with Gasteiger partial charge in [0.15, 0.2) is 0 Å². The van der Waals surface area contributed by atoms with Crippen LogP contribution in [-0.2, 0) is 21.8 Å². The summed E-state index contributed by atoms with van der Waals surface area (Å²) >= 11 is 1.58. The molecule has 0 bridgehead atoms. The van der Waals surface area contributed by atoms with Crippen LogP contribution in [0.4, 0.5) is 0 Å². The number of aryl methyl sites for hydroxylation is 1. The van der Waals surface area contributed by atoms with Gasteiger partial charge in [-0.3, -0.25) is 9.88 Å². The number of thioether (sulfide) groups is 1. The van der Waals surface area contributed by atoms with Crippen molar-refractivity contribution in [2.45, 2.75) is 31.2 Å². The summed E-state index contributed by atoms with van der Waals surface area (Å²) < 4.78 is 10.9. The number of benzene rings is 2. The van der Waals surface area contributed by atoms with Crippen molar-refractivity contribution in [1.29, 1.82) is 0 Å². The number of hydrogen-bond donors (Lipinski definition) is 0. The van der Waals surface area contributed by atoms with Gasteiger partial charge < -0.3 is 9.47 Å². The van der Waals surface area contributed by atoms with E-state index in [0.717, 1.165) is 64.5 Å². The number of rotatable bonds is 7. The van der Waals surface area contributed by atoms with Crippen molar-refractivity contribution < 1.29 is 14.3 Å². The predicted molar refractivity (Wildman–Crippen MR) is 138 cm³/mol. The van der Waals surface area contributed by atoms with Crippen molar-refractivity contribution in [1.82, 2.24) is 19.9 Å². The zero-order valence-electron chi connectivity index (χ0n) is 20.0. The van der Waals surface area contributed by atoms with E-state index in [0.29, 0.717) is 30.2 Å².